The average molecular weight is 428 g/mol. The van der Waals surface area contributed by atoms with Crippen molar-refractivity contribution in [3.63, 3.8) is 0 Å². The highest BCUT2D eigenvalue weighted by molar-refractivity contribution is 5.79. The summed E-state index contributed by atoms with van der Waals surface area (Å²) in [5.74, 6) is 0.692. The maximum Gasteiger partial charge on any atom is 0.407 e. The molecule has 0 spiro atoms. The van der Waals surface area contributed by atoms with Gasteiger partial charge < -0.3 is 25.3 Å². The largest absolute Gasteiger partial charge is 0.444 e. The average Bonchev–Trinajstić information content (AvgIpc) is 2.71. The number of hydrogen-bond acceptors (Lipinski definition) is 4. The summed E-state index contributed by atoms with van der Waals surface area (Å²) in [4.78, 5) is 27.6. The van der Waals surface area contributed by atoms with Gasteiger partial charge in [-0.3, -0.25) is 9.79 Å². The summed E-state index contributed by atoms with van der Waals surface area (Å²) < 4.78 is 6.88. The Balaban J connectivity index is 1.69. The Labute approximate surface area is 183 Å². The van der Waals surface area contributed by atoms with Crippen LogP contribution in [0, 0.1) is 0 Å². The topological polar surface area (TPSA) is 96.8 Å². The van der Waals surface area contributed by atoms with Gasteiger partial charge in [-0.1, -0.05) is 30.3 Å². The first-order chi connectivity index (χ1) is 14.8. The summed E-state index contributed by atoms with van der Waals surface area (Å²) in [7, 11) is 1.72. The molecule has 0 aliphatic rings. The zero-order chi connectivity index (χ0) is 22.7. The summed E-state index contributed by atoms with van der Waals surface area (Å²) in [6, 6.07) is 13.3. The Morgan fingerprint density at radius 3 is 2.32 bits per heavy atom. The van der Waals surface area contributed by atoms with Crippen molar-refractivity contribution in [3.05, 3.63) is 70.1 Å². The van der Waals surface area contributed by atoms with Crippen LogP contribution >= 0.6 is 0 Å². The zero-order valence-electron chi connectivity index (χ0n) is 18.8. The maximum absolute atomic E-state index is 11.8. The van der Waals surface area contributed by atoms with Crippen LogP contribution in [0.15, 0.2) is 58.4 Å². The summed E-state index contributed by atoms with van der Waals surface area (Å²) in [6.07, 6.45) is 2.12. The van der Waals surface area contributed by atoms with Gasteiger partial charge in [0.15, 0.2) is 5.96 Å². The highest BCUT2D eigenvalue weighted by atomic mass is 16.6. The van der Waals surface area contributed by atoms with Gasteiger partial charge in [-0.2, -0.15) is 0 Å². The molecule has 0 saturated heterocycles. The van der Waals surface area contributed by atoms with Crippen molar-refractivity contribution in [3.8, 4) is 0 Å². The molecule has 1 aromatic heterocycles. The normalized spacial score (nSPS) is 11.7. The van der Waals surface area contributed by atoms with Gasteiger partial charge in [-0.15, -0.1) is 0 Å². The molecule has 0 radical (unpaired) electrons. The number of aromatic nitrogens is 1. The van der Waals surface area contributed by atoms with E-state index in [1.54, 1.807) is 29.9 Å². The predicted molar refractivity (Wildman–Crippen MR) is 123 cm³/mol. The van der Waals surface area contributed by atoms with Crippen LogP contribution in [0.5, 0.6) is 0 Å². The standard InChI is InChI=1S/C23H33N5O3/c1-23(2,3)31-22(30)26-14-7-13-25-21(24-4)27-16-18-9-11-19(12-10-18)17-28-15-6-5-8-20(28)29/h5-6,8-12,15H,7,13-14,16-17H2,1-4H3,(H,26,30)(H2,24,25,27). The number of guanidine groups is 1. The minimum absolute atomic E-state index is 0.00980. The molecule has 1 aromatic carbocycles. The van der Waals surface area contributed by atoms with E-state index in [0.717, 1.165) is 17.5 Å². The molecule has 0 aliphatic heterocycles. The van der Waals surface area contributed by atoms with E-state index in [2.05, 4.69) is 20.9 Å². The molecule has 0 bridgehead atoms. The number of carbonyl (C=O) groups is 1. The van der Waals surface area contributed by atoms with E-state index in [0.29, 0.717) is 32.1 Å². The van der Waals surface area contributed by atoms with Gasteiger partial charge >= 0.3 is 6.09 Å². The Hall–Kier alpha value is -3.29. The fourth-order valence-electron chi connectivity index (χ4n) is 2.76. The van der Waals surface area contributed by atoms with Crippen molar-refractivity contribution in [2.45, 2.75) is 45.9 Å². The number of ether oxygens (including phenoxy) is 1. The van der Waals surface area contributed by atoms with E-state index in [-0.39, 0.29) is 5.56 Å². The highest BCUT2D eigenvalue weighted by Crippen LogP contribution is 2.07. The van der Waals surface area contributed by atoms with Gasteiger partial charge in [0.2, 0.25) is 0 Å². The fraction of sp³-hybridized carbons (Fsp3) is 0.435. The number of pyridine rings is 1. The van der Waals surface area contributed by atoms with Crippen molar-refractivity contribution in [1.82, 2.24) is 20.5 Å². The molecule has 0 aliphatic carbocycles. The van der Waals surface area contributed by atoms with Crippen molar-refractivity contribution in [1.29, 1.82) is 0 Å². The molecule has 2 rings (SSSR count). The third-order valence-electron chi connectivity index (χ3n) is 4.27. The molecule has 8 nitrogen and oxygen atoms in total. The molecule has 31 heavy (non-hydrogen) atoms. The summed E-state index contributed by atoms with van der Waals surface area (Å²) >= 11 is 0. The molecule has 1 heterocycles. The predicted octanol–water partition coefficient (Wildman–Crippen LogP) is 2.48. The zero-order valence-corrected chi connectivity index (χ0v) is 18.8. The Morgan fingerprint density at radius 1 is 1.00 bits per heavy atom. The van der Waals surface area contributed by atoms with Gasteiger partial charge in [0.1, 0.15) is 5.60 Å². The molecule has 168 valence electrons. The lowest BCUT2D eigenvalue weighted by molar-refractivity contribution is 0.0527. The van der Waals surface area contributed by atoms with Crippen molar-refractivity contribution in [2.75, 3.05) is 20.1 Å². The molecular weight excluding hydrogens is 394 g/mol. The minimum atomic E-state index is -0.494. The number of carbonyl (C=O) groups excluding carboxylic acids is 1. The van der Waals surface area contributed by atoms with Crippen LogP contribution in [0.1, 0.15) is 38.3 Å². The highest BCUT2D eigenvalue weighted by Gasteiger charge is 2.15. The third-order valence-corrected chi connectivity index (χ3v) is 4.27. The summed E-state index contributed by atoms with van der Waals surface area (Å²) in [6.45, 7) is 7.87. The van der Waals surface area contributed by atoms with Crippen LogP contribution in [-0.4, -0.2) is 42.4 Å². The van der Waals surface area contributed by atoms with Gasteiger partial charge in [-0.05, 0) is 44.4 Å². The number of nitrogens with zero attached hydrogens (tertiary/aromatic N) is 2. The van der Waals surface area contributed by atoms with Gasteiger partial charge in [0, 0.05) is 38.9 Å². The molecule has 8 heteroatoms. The second-order valence-electron chi connectivity index (χ2n) is 8.12. The number of hydrogen-bond donors (Lipinski definition) is 3. The van der Waals surface area contributed by atoms with Gasteiger partial charge in [0.25, 0.3) is 5.56 Å². The monoisotopic (exact) mass is 427 g/mol. The van der Waals surface area contributed by atoms with E-state index in [4.69, 9.17) is 4.74 Å². The van der Waals surface area contributed by atoms with E-state index in [1.165, 1.54) is 0 Å². The second kappa shape index (κ2) is 11.8. The number of benzene rings is 1. The fourth-order valence-corrected chi connectivity index (χ4v) is 2.76. The molecule has 1 amide bonds. The Bertz CT molecular complexity index is 914. The van der Waals surface area contributed by atoms with Crippen molar-refractivity contribution in [2.24, 2.45) is 4.99 Å². The van der Waals surface area contributed by atoms with Crippen LogP contribution in [0.3, 0.4) is 0 Å². The molecule has 0 fully saturated rings. The first-order valence-corrected chi connectivity index (χ1v) is 10.4. The molecule has 0 unspecified atom stereocenters. The first kappa shape index (κ1) is 24.0. The van der Waals surface area contributed by atoms with Crippen molar-refractivity contribution >= 4 is 12.1 Å². The summed E-state index contributed by atoms with van der Waals surface area (Å²) in [5.41, 5.74) is 1.67. The van der Waals surface area contributed by atoms with E-state index in [1.807, 2.05) is 51.1 Å². The number of amides is 1. The summed E-state index contributed by atoms with van der Waals surface area (Å²) in [5, 5.41) is 9.22. The SMILES string of the molecule is CN=C(NCCCNC(=O)OC(C)(C)C)NCc1ccc(Cn2ccccc2=O)cc1. The quantitative estimate of drug-likeness (QED) is 0.342. The lowest BCUT2D eigenvalue weighted by atomic mass is 10.1. The molecular formula is C23H33N5O3. The van der Waals surface area contributed by atoms with Crippen LogP contribution in [-0.2, 0) is 17.8 Å². The first-order valence-electron chi connectivity index (χ1n) is 10.4. The van der Waals surface area contributed by atoms with Gasteiger partial charge in [-0.25, -0.2) is 4.79 Å². The lowest BCUT2D eigenvalue weighted by Crippen LogP contribution is -2.39. The molecule has 2 aromatic rings. The van der Waals surface area contributed by atoms with Crippen LogP contribution in [0.25, 0.3) is 0 Å². The third kappa shape index (κ3) is 9.37. The smallest absolute Gasteiger partial charge is 0.407 e. The van der Waals surface area contributed by atoms with Crippen LogP contribution in [0.4, 0.5) is 4.79 Å². The number of aliphatic imine (C=N–C) groups is 1. The number of alkyl carbamates (subject to hydrolysis) is 1. The number of rotatable bonds is 8. The van der Waals surface area contributed by atoms with Crippen molar-refractivity contribution < 1.29 is 9.53 Å². The molecule has 0 atom stereocenters. The van der Waals surface area contributed by atoms with E-state index >= 15 is 0 Å². The van der Waals surface area contributed by atoms with Gasteiger partial charge in [0.05, 0.1) is 6.54 Å². The Morgan fingerprint density at radius 2 is 1.68 bits per heavy atom. The van der Waals surface area contributed by atoms with E-state index < -0.39 is 11.7 Å². The molecule has 3 N–H and O–H groups in total. The molecule has 0 saturated carbocycles. The second-order valence-corrected chi connectivity index (χ2v) is 8.12. The van der Waals surface area contributed by atoms with E-state index in [9.17, 15) is 9.59 Å². The van der Waals surface area contributed by atoms with Crippen LogP contribution < -0.4 is 21.5 Å². The maximum atomic E-state index is 11.8. The van der Waals surface area contributed by atoms with Crippen LogP contribution in [0.2, 0.25) is 0 Å². The minimum Gasteiger partial charge on any atom is -0.444 e. The Kier molecular flexibility index (Phi) is 9.12. The number of nitrogens with one attached hydrogen (secondary N) is 3. The lowest BCUT2D eigenvalue weighted by Gasteiger charge is -2.19.